The minimum atomic E-state index is -0.425. The fourth-order valence-corrected chi connectivity index (χ4v) is 6.81. The third-order valence-electron chi connectivity index (χ3n) is 8.84. The standard InChI is InChI=1S/C42H43N3O9S/c1-3-5-24-45(42-44-36-12-8-9-13-38(36)55-42)43-28-32-27-35(52-29-46)22-23-37(32)54-41(49)31-16-14-30(15-17-31)40(48)53-34-20-18-33(19-21-34)50-25-10-6-7-11-26-51-39(47)4-2/h1,4,8-9,12-13,18-23,27-31H,2,5-7,10-11,14-17,24-26H2/b43-28+/t30-,31-. The number of terminal acetylenes is 1. The first kappa shape index (κ1) is 40.2. The minimum absolute atomic E-state index is 0.242. The lowest BCUT2D eigenvalue weighted by Gasteiger charge is -2.26. The monoisotopic (exact) mass is 765 g/mol. The highest BCUT2D eigenvalue weighted by Crippen LogP contribution is 2.33. The highest BCUT2D eigenvalue weighted by atomic mass is 32.1. The molecule has 1 aliphatic carbocycles. The molecule has 286 valence electrons. The van der Waals surface area contributed by atoms with Crippen molar-refractivity contribution in [3.05, 3.63) is 84.9 Å². The molecule has 0 amide bonds. The lowest BCUT2D eigenvalue weighted by molar-refractivity contribution is -0.145. The number of fused-ring (bicyclic) bond motifs is 1. The average Bonchev–Trinajstić information content (AvgIpc) is 3.64. The summed E-state index contributed by atoms with van der Waals surface area (Å²) in [5.74, 6) is 2.28. The average molecular weight is 766 g/mol. The molecule has 1 aromatic heterocycles. The second-order valence-corrected chi connectivity index (χ2v) is 13.7. The number of hydrogen-bond donors (Lipinski definition) is 0. The van der Waals surface area contributed by atoms with E-state index in [1.165, 1.54) is 23.6 Å². The van der Waals surface area contributed by atoms with Crippen LogP contribution in [0.1, 0.15) is 63.4 Å². The van der Waals surface area contributed by atoms with Gasteiger partial charge in [-0.3, -0.25) is 14.4 Å². The summed E-state index contributed by atoms with van der Waals surface area (Å²) in [5, 5.41) is 6.97. The quantitative estimate of drug-likeness (QED) is 0.0128. The molecule has 3 aromatic carbocycles. The van der Waals surface area contributed by atoms with Crippen molar-refractivity contribution in [3.8, 4) is 35.3 Å². The maximum Gasteiger partial charge on any atom is 0.330 e. The zero-order valence-corrected chi connectivity index (χ0v) is 31.2. The van der Waals surface area contributed by atoms with Gasteiger partial charge in [0.25, 0.3) is 6.47 Å². The Bertz CT molecular complexity index is 1960. The molecule has 55 heavy (non-hydrogen) atoms. The van der Waals surface area contributed by atoms with Crippen LogP contribution in [0.4, 0.5) is 5.13 Å². The largest absolute Gasteiger partial charge is 0.494 e. The third-order valence-corrected chi connectivity index (χ3v) is 9.89. The molecule has 5 rings (SSSR count). The molecule has 4 aromatic rings. The Morgan fingerprint density at radius 2 is 1.56 bits per heavy atom. The van der Waals surface area contributed by atoms with Gasteiger partial charge in [-0.1, -0.05) is 30.0 Å². The summed E-state index contributed by atoms with van der Waals surface area (Å²) in [6, 6.07) is 19.3. The Hall–Kier alpha value is -6.00. The van der Waals surface area contributed by atoms with Crippen LogP contribution in [0.25, 0.3) is 10.2 Å². The van der Waals surface area contributed by atoms with E-state index < -0.39 is 17.9 Å². The molecule has 1 aliphatic rings. The molecule has 0 N–H and O–H groups in total. The van der Waals surface area contributed by atoms with Gasteiger partial charge in [-0.05, 0) is 106 Å². The SMILES string of the molecule is C#CCCN(/N=C/c1cc(OC=O)ccc1OC(=O)[C@H]1CC[C@H](C(=O)Oc2ccc(OCCCCCCOC(=O)C=C)cc2)CC1)c1nc2ccccc2s1. The van der Waals surface area contributed by atoms with E-state index >= 15 is 0 Å². The van der Waals surface area contributed by atoms with Crippen molar-refractivity contribution in [2.75, 3.05) is 24.8 Å². The van der Waals surface area contributed by atoms with Crippen LogP contribution in [0.15, 0.2) is 84.5 Å². The molecule has 0 unspecified atom stereocenters. The maximum absolute atomic E-state index is 13.4. The van der Waals surface area contributed by atoms with Gasteiger partial charge in [-0.2, -0.15) is 5.10 Å². The Morgan fingerprint density at radius 1 is 0.891 bits per heavy atom. The molecule has 0 radical (unpaired) electrons. The molecule has 0 atom stereocenters. The Kier molecular flexibility index (Phi) is 15.4. The van der Waals surface area contributed by atoms with Crippen molar-refractivity contribution >= 4 is 57.3 Å². The molecule has 12 nitrogen and oxygen atoms in total. The van der Waals surface area contributed by atoms with Crippen molar-refractivity contribution in [1.82, 2.24) is 4.98 Å². The number of nitrogens with zero attached hydrogens (tertiary/aromatic N) is 3. The van der Waals surface area contributed by atoms with Crippen molar-refractivity contribution in [3.63, 3.8) is 0 Å². The number of para-hydroxylation sites is 1. The topological polar surface area (TPSA) is 143 Å². The normalized spacial score (nSPS) is 15.1. The molecule has 0 saturated heterocycles. The molecule has 0 bridgehead atoms. The second kappa shape index (κ2) is 21.0. The van der Waals surface area contributed by atoms with Crippen LogP contribution in [-0.4, -0.2) is 55.3 Å². The van der Waals surface area contributed by atoms with Crippen molar-refractivity contribution in [2.24, 2.45) is 16.9 Å². The van der Waals surface area contributed by atoms with Crippen LogP contribution in [0.2, 0.25) is 0 Å². The molecular formula is C42H43N3O9S. The van der Waals surface area contributed by atoms with E-state index in [1.807, 2.05) is 24.3 Å². The lowest BCUT2D eigenvalue weighted by atomic mass is 9.82. The minimum Gasteiger partial charge on any atom is -0.494 e. The van der Waals surface area contributed by atoms with Crippen LogP contribution in [0.3, 0.4) is 0 Å². The van der Waals surface area contributed by atoms with Crippen molar-refractivity contribution in [2.45, 2.75) is 57.8 Å². The molecule has 0 aliphatic heterocycles. The number of hydrogen-bond acceptors (Lipinski definition) is 13. The van der Waals surface area contributed by atoms with Gasteiger partial charge in [0.05, 0.1) is 48.0 Å². The van der Waals surface area contributed by atoms with Crippen LogP contribution in [0, 0.1) is 24.2 Å². The van der Waals surface area contributed by atoms with Crippen molar-refractivity contribution < 1.29 is 42.9 Å². The van der Waals surface area contributed by atoms with E-state index in [0.29, 0.717) is 80.5 Å². The van der Waals surface area contributed by atoms with E-state index in [-0.39, 0.29) is 23.4 Å². The van der Waals surface area contributed by atoms with Gasteiger partial charge in [-0.15, -0.1) is 12.3 Å². The number of thiazole rings is 1. The number of anilines is 1. The number of esters is 3. The number of ether oxygens (including phenoxy) is 5. The van der Waals surface area contributed by atoms with Gasteiger partial charge in [0, 0.05) is 18.1 Å². The molecular weight excluding hydrogens is 723 g/mol. The highest BCUT2D eigenvalue weighted by Gasteiger charge is 2.32. The van der Waals surface area contributed by atoms with E-state index in [0.717, 1.165) is 42.0 Å². The first-order valence-electron chi connectivity index (χ1n) is 18.2. The third kappa shape index (κ3) is 12.3. The van der Waals surface area contributed by atoms with E-state index in [2.05, 4.69) is 22.6 Å². The summed E-state index contributed by atoms with van der Waals surface area (Å²) in [7, 11) is 0. The van der Waals surface area contributed by atoms with Gasteiger partial charge in [0.15, 0.2) is 0 Å². The summed E-state index contributed by atoms with van der Waals surface area (Å²) < 4.78 is 28.3. The van der Waals surface area contributed by atoms with Crippen LogP contribution in [0.5, 0.6) is 23.0 Å². The maximum atomic E-state index is 13.4. The number of carbonyl (C=O) groups excluding carboxylic acids is 4. The number of aromatic nitrogens is 1. The van der Waals surface area contributed by atoms with Crippen LogP contribution < -0.4 is 24.0 Å². The summed E-state index contributed by atoms with van der Waals surface area (Å²) >= 11 is 1.47. The van der Waals surface area contributed by atoms with E-state index in [9.17, 15) is 19.2 Å². The predicted molar refractivity (Wildman–Crippen MR) is 209 cm³/mol. The number of hydrazone groups is 1. The van der Waals surface area contributed by atoms with E-state index in [1.54, 1.807) is 41.4 Å². The summed E-state index contributed by atoms with van der Waals surface area (Å²) in [6.07, 6.45) is 14.0. The smallest absolute Gasteiger partial charge is 0.330 e. The fraction of sp³-hybridized carbons (Fsp3) is 0.333. The number of benzene rings is 3. The summed E-state index contributed by atoms with van der Waals surface area (Å²) in [5.41, 5.74) is 1.25. The molecule has 13 heteroatoms. The number of carbonyl (C=O) groups is 4. The summed E-state index contributed by atoms with van der Waals surface area (Å²) in [6.45, 7) is 5.02. The molecule has 0 spiro atoms. The number of unbranched alkanes of at least 4 members (excludes halogenated alkanes) is 3. The molecule has 1 heterocycles. The van der Waals surface area contributed by atoms with Gasteiger partial charge >= 0.3 is 17.9 Å². The molecule has 1 fully saturated rings. The highest BCUT2D eigenvalue weighted by molar-refractivity contribution is 7.22. The summed E-state index contributed by atoms with van der Waals surface area (Å²) in [4.78, 5) is 53.2. The Labute approximate surface area is 324 Å². The number of rotatable bonds is 20. The van der Waals surface area contributed by atoms with E-state index in [4.69, 9.17) is 30.1 Å². The van der Waals surface area contributed by atoms with Gasteiger partial charge in [0.1, 0.15) is 23.0 Å². The first-order chi connectivity index (χ1) is 26.9. The van der Waals surface area contributed by atoms with Crippen molar-refractivity contribution in [1.29, 1.82) is 0 Å². The van der Waals surface area contributed by atoms with Gasteiger partial charge in [0.2, 0.25) is 5.13 Å². The fourth-order valence-electron chi connectivity index (χ4n) is 5.86. The van der Waals surface area contributed by atoms with Gasteiger partial charge in [-0.25, -0.2) is 14.8 Å². The van der Waals surface area contributed by atoms with Crippen LogP contribution >= 0.6 is 11.3 Å². The molecule has 1 saturated carbocycles. The first-order valence-corrected chi connectivity index (χ1v) is 19.0. The zero-order chi connectivity index (χ0) is 38.8. The Balaban J connectivity index is 1.10. The zero-order valence-electron chi connectivity index (χ0n) is 30.4. The second-order valence-electron chi connectivity index (χ2n) is 12.7. The van der Waals surface area contributed by atoms with Gasteiger partial charge < -0.3 is 23.7 Å². The predicted octanol–water partition coefficient (Wildman–Crippen LogP) is 7.68. The van der Waals surface area contributed by atoms with Crippen LogP contribution in [-0.2, 0) is 23.9 Å². The lowest BCUT2D eigenvalue weighted by Crippen LogP contribution is -2.30. The Morgan fingerprint density at radius 3 is 2.25 bits per heavy atom.